The highest BCUT2D eigenvalue weighted by molar-refractivity contribution is 7.92. The molecule has 338 valence electrons. The lowest BCUT2D eigenvalue weighted by molar-refractivity contribution is -0.136. The van der Waals surface area contributed by atoms with Gasteiger partial charge in [0.25, 0.3) is 21.8 Å². The molecule has 19 heteroatoms. The number of hydrogen-bond donors (Lipinski definition) is 2. The normalized spacial score (nSPS) is 21.1. The minimum Gasteiger partial charge on any atom is -0.493 e. The second kappa shape index (κ2) is 15.9. The number of imide groups is 2. The molecule has 0 saturated carbocycles. The first-order valence-corrected chi connectivity index (χ1v) is 23.8. The van der Waals surface area contributed by atoms with Gasteiger partial charge in [0, 0.05) is 74.6 Å². The molecule has 65 heavy (non-hydrogen) atoms. The molecule has 0 bridgehead atoms. The number of piperidine rings is 3. The Kier molecular flexibility index (Phi) is 10.1. The van der Waals surface area contributed by atoms with Crippen LogP contribution in [0.5, 0.6) is 11.5 Å². The maximum Gasteiger partial charge on any atom is 0.266 e. The van der Waals surface area contributed by atoms with E-state index in [9.17, 15) is 27.6 Å². The summed E-state index contributed by atoms with van der Waals surface area (Å²) in [4.78, 5) is 58.8. The van der Waals surface area contributed by atoms with Crippen LogP contribution in [0.15, 0.2) is 70.3 Å². The van der Waals surface area contributed by atoms with E-state index in [-0.39, 0.29) is 40.3 Å². The minimum atomic E-state index is -4.17. The molecule has 11 rings (SSSR count). The zero-order valence-electron chi connectivity index (χ0n) is 36.0. The fourth-order valence-electron chi connectivity index (χ4n) is 10.8. The number of carbonyl (C=O) groups excluding carboxylic acids is 4. The summed E-state index contributed by atoms with van der Waals surface area (Å²) in [5.74, 6) is -0.544. The number of methoxy groups -OCH3 is 1. The third-order valence-electron chi connectivity index (χ3n) is 14.3. The Labute approximate surface area is 374 Å². The van der Waals surface area contributed by atoms with E-state index in [0.717, 1.165) is 98.9 Å². The van der Waals surface area contributed by atoms with Gasteiger partial charge in [0.1, 0.15) is 22.1 Å². The Morgan fingerprint density at radius 1 is 0.923 bits per heavy atom. The van der Waals surface area contributed by atoms with Crippen LogP contribution < -0.4 is 29.3 Å². The molecule has 2 aromatic heterocycles. The van der Waals surface area contributed by atoms with Gasteiger partial charge in [-0.3, -0.25) is 38.8 Å². The van der Waals surface area contributed by atoms with E-state index in [0.29, 0.717) is 47.8 Å². The molecule has 2 N–H and O–H groups in total. The number of carbonyl (C=O) groups is 4. The van der Waals surface area contributed by atoms with Crippen molar-refractivity contribution in [1.29, 1.82) is 0 Å². The summed E-state index contributed by atoms with van der Waals surface area (Å²) < 4.78 is 50.3. The van der Waals surface area contributed by atoms with Crippen molar-refractivity contribution in [2.75, 3.05) is 74.1 Å². The summed E-state index contributed by atoms with van der Waals surface area (Å²) in [5, 5.41) is 11.2. The van der Waals surface area contributed by atoms with Crippen LogP contribution in [0.1, 0.15) is 70.4 Å². The molecule has 5 aromatic rings. The monoisotopic (exact) mass is 903 g/mol. The molecule has 1 atom stereocenters. The molecule has 0 radical (unpaired) electrons. The van der Waals surface area contributed by atoms with Crippen molar-refractivity contribution in [3.05, 3.63) is 83.2 Å². The van der Waals surface area contributed by atoms with Crippen molar-refractivity contribution < 1.29 is 41.6 Å². The third kappa shape index (κ3) is 7.24. The Bertz CT molecular complexity index is 2860. The number of fused-ring (bicyclic) bond motifs is 4. The molecule has 3 aromatic carbocycles. The number of likely N-dealkylation sites (tertiary alicyclic amines) is 1. The van der Waals surface area contributed by atoms with Gasteiger partial charge in [0.05, 0.1) is 37.1 Å². The van der Waals surface area contributed by atoms with Crippen LogP contribution in [-0.2, 0) is 32.6 Å². The lowest BCUT2D eigenvalue weighted by atomic mass is 9.71. The van der Waals surface area contributed by atoms with E-state index in [1.807, 2.05) is 35.1 Å². The Hall–Kier alpha value is -6.47. The fourth-order valence-corrected chi connectivity index (χ4v) is 12.0. The van der Waals surface area contributed by atoms with Gasteiger partial charge in [-0.2, -0.15) is 5.10 Å². The van der Waals surface area contributed by atoms with Gasteiger partial charge in [-0.25, -0.2) is 8.42 Å². The number of nitrogens with one attached hydrogen (secondary N) is 2. The van der Waals surface area contributed by atoms with Gasteiger partial charge in [-0.05, 0) is 99.1 Å². The molecule has 4 amide bonds. The number of ether oxygens (including phenoxy) is 2. The molecule has 1 unspecified atom stereocenters. The summed E-state index contributed by atoms with van der Waals surface area (Å²) in [7, 11) is -2.67. The molecule has 4 saturated heterocycles. The summed E-state index contributed by atoms with van der Waals surface area (Å²) >= 11 is 0. The standard InChI is InChI=1S/C46H49N9O9S/c1-62-41-34(4-2-5-37(41)65(60,61)50-42-39-36(64-49-42)22-29(25-54-16-3-15-47-54)31-12-21-63-40(31)39)53-26-46(27-53)13-19-51(20-14-46)24-28-10-17-52(18-11-28)30-6-7-32-33(23-30)45(59)55(44(32)58)35-8-9-38(56)48-43(35)57/h2-7,15-16,22-23,28,35H,8-14,17-21,24-27H2,1H3,(H,49,50)(H,48,56,57). The summed E-state index contributed by atoms with van der Waals surface area (Å²) in [6.45, 7) is 7.30. The van der Waals surface area contributed by atoms with Gasteiger partial charge >= 0.3 is 0 Å². The minimum absolute atomic E-state index is 0.0134. The number of nitrogens with zero attached hydrogens (tertiary/aromatic N) is 7. The topological polar surface area (TPSA) is 202 Å². The lowest BCUT2D eigenvalue weighted by Crippen LogP contribution is -2.61. The number of para-hydroxylation sites is 1. The Balaban J connectivity index is 0.691. The van der Waals surface area contributed by atoms with Crippen LogP contribution in [0.4, 0.5) is 17.2 Å². The first-order chi connectivity index (χ1) is 31.5. The maximum absolute atomic E-state index is 14.1. The zero-order chi connectivity index (χ0) is 44.6. The van der Waals surface area contributed by atoms with Crippen molar-refractivity contribution in [1.82, 2.24) is 30.1 Å². The SMILES string of the molecule is COc1c(N2CC3(CCN(CC4CCN(c5ccc6c(c5)C(=O)N(C5CCC(=O)NC5=O)C6=O)CC4)CC3)C2)cccc1S(=O)(=O)Nc1noc2cc(Cn3cccn3)c3c(c12)OCC3. The zero-order valence-corrected chi connectivity index (χ0v) is 36.8. The van der Waals surface area contributed by atoms with Gasteiger partial charge < -0.3 is 28.7 Å². The first-order valence-electron chi connectivity index (χ1n) is 22.3. The number of benzene rings is 3. The van der Waals surface area contributed by atoms with Crippen LogP contribution in [0.25, 0.3) is 11.0 Å². The van der Waals surface area contributed by atoms with Crippen LogP contribution >= 0.6 is 0 Å². The van der Waals surface area contributed by atoms with E-state index >= 15 is 0 Å². The highest BCUT2D eigenvalue weighted by Gasteiger charge is 2.47. The fraction of sp³-hybridized carbons (Fsp3) is 0.435. The molecule has 6 aliphatic rings. The predicted octanol–water partition coefficient (Wildman–Crippen LogP) is 4.04. The van der Waals surface area contributed by atoms with Gasteiger partial charge in [0.15, 0.2) is 17.2 Å². The van der Waals surface area contributed by atoms with E-state index in [1.54, 1.807) is 30.5 Å². The van der Waals surface area contributed by atoms with Crippen molar-refractivity contribution >= 4 is 61.8 Å². The second-order valence-electron chi connectivity index (χ2n) is 18.2. The van der Waals surface area contributed by atoms with E-state index in [1.165, 1.54) is 7.11 Å². The molecule has 1 spiro atoms. The summed E-state index contributed by atoms with van der Waals surface area (Å²) in [6, 6.07) is 13.3. The van der Waals surface area contributed by atoms with Crippen LogP contribution in [0, 0.1) is 11.3 Å². The van der Waals surface area contributed by atoms with E-state index < -0.39 is 39.7 Å². The Morgan fingerprint density at radius 2 is 1.72 bits per heavy atom. The van der Waals surface area contributed by atoms with E-state index in [4.69, 9.17) is 14.0 Å². The molecule has 6 aliphatic heterocycles. The van der Waals surface area contributed by atoms with Gasteiger partial charge in [-0.15, -0.1) is 0 Å². The third-order valence-corrected chi connectivity index (χ3v) is 15.7. The lowest BCUT2D eigenvalue weighted by Gasteiger charge is -2.55. The average Bonchev–Trinajstić information content (AvgIpc) is 4.12. The molecule has 18 nitrogen and oxygen atoms in total. The quantitative estimate of drug-likeness (QED) is 0.180. The largest absolute Gasteiger partial charge is 0.493 e. The summed E-state index contributed by atoms with van der Waals surface area (Å²) in [5.41, 5.74) is 4.73. The first kappa shape index (κ1) is 41.2. The Morgan fingerprint density at radius 3 is 2.48 bits per heavy atom. The molecule has 8 heterocycles. The van der Waals surface area contributed by atoms with Crippen molar-refractivity contribution in [2.24, 2.45) is 11.3 Å². The van der Waals surface area contributed by atoms with Crippen LogP contribution in [0.3, 0.4) is 0 Å². The van der Waals surface area contributed by atoms with Crippen LogP contribution in [-0.4, -0.2) is 122 Å². The maximum atomic E-state index is 14.1. The predicted molar refractivity (Wildman–Crippen MR) is 237 cm³/mol. The number of hydrogen-bond acceptors (Lipinski definition) is 14. The molecular formula is C46H49N9O9S. The average molecular weight is 904 g/mol. The number of rotatable bonds is 11. The number of anilines is 3. The van der Waals surface area contributed by atoms with E-state index in [2.05, 4.69) is 35.0 Å². The van der Waals surface area contributed by atoms with Crippen molar-refractivity contribution in [3.8, 4) is 11.5 Å². The van der Waals surface area contributed by atoms with Crippen molar-refractivity contribution in [2.45, 2.75) is 62.4 Å². The van der Waals surface area contributed by atoms with Gasteiger partial charge in [-0.1, -0.05) is 11.2 Å². The van der Waals surface area contributed by atoms with Gasteiger partial charge in [0.2, 0.25) is 11.8 Å². The molecule has 0 aliphatic carbocycles. The second-order valence-corrected chi connectivity index (χ2v) is 19.9. The molecular weight excluding hydrogens is 855 g/mol. The number of amides is 4. The smallest absolute Gasteiger partial charge is 0.266 e. The van der Waals surface area contributed by atoms with Crippen molar-refractivity contribution in [3.63, 3.8) is 0 Å². The van der Waals surface area contributed by atoms with Crippen LogP contribution in [0.2, 0.25) is 0 Å². The number of sulfonamides is 1. The number of aromatic nitrogens is 3. The highest BCUT2D eigenvalue weighted by Crippen LogP contribution is 2.48. The highest BCUT2D eigenvalue weighted by atomic mass is 32.2. The molecule has 4 fully saturated rings. The summed E-state index contributed by atoms with van der Waals surface area (Å²) in [6.07, 6.45) is 8.61.